The summed E-state index contributed by atoms with van der Waals surface area (Å²) in [6.07, 6.45) is 4.95. The fourth-order valence-corrected chi connectivity index (χ4v) is 2.89. The second-order valence-electron chi connectivity index (χ2n) is 5.01. The molecule has 2 N–H and O–H groups in total. The number of nitrogens with one attached hydrogen (secondary N) is 2. The molecule has 0 radical (unpaired) electrons. The van der Waals surface area contributed by atoms with Crippen LogP contribution in [0.4, 0.5) is 5.95 Å². The van der Waals surface area contributed by atoms with Gasteiger partial charge in [-0.2, -0.15) is 0 Å². The summed E-state index contributed by atoms with van der Waals surface area (Å²) in [4.78, 5) is 8.79. The lowest BCUT2D eigenvalue weighted by Crippen LogP contribution is -2.18. The van der Waals surface area contributed by atoms with Gasteiger partial charge in [-0.25, -0.2) is 9.97 Å². The Bertz CT molecular complexity index is 564. The zero-order valence-corrected chi connectivity index (χ0v) is 12.7. The molecule has 1 aliphatic heterocycles. The summed E-state index contributed by atoms with van der Waals surface area (Å²) in [7, 11) is 0. The monoisotopic (exact) mass is 332 g/mol. The van der Waals surface area contributed by atoms with Gasteiger partial charge in [-0.3, -0.25) is 0 Å². The molecule has 3 rings (SSSR count). The molecule has 1 aromatic carbocycles. The third-order valence-corrected chi connectivity index (χ3v) is 4.24. The van der Waals surface area contributed by atoms with Gasteiger partial charge < -0.3 is 10.6 Å². The number of halogens is 1. The van der Waals surface area contributed by atoms with Crippen molar-refractivity contribution < 1.29 is 0 Å². The molecule has 4 nitrogen and oxygen atoms in total. The first-order valence-electron chi connectivity index (χ1n) is 6.84. The van der Waals surface area contributed by atoms with Gasteiger partial charge in [0.05, 0.1) is 0 Å². The Hall–Kier alpha value is -1.46. The normalized spacial score (nSPS) is 18.1. The van der Waals surface area contributed by atoms with Crippen molar-refractivity contribution in [3.05, 3.63) is 41.1 Å². The number of nitrogens with zero attached hydrogens (tertiary/aromatic N) is 2. The van der Waals surface area contributed by atoms with Crippen LogP contribution < -0.4 is 10.6 Å². The van der Waals surface area contributed by atoms with Crippen molar-refractivity contribution in [2.24, 2.45) is 5.92 Å². The van der Waals surface area contributed by atoms with E-state index in [0.717, 1.165) is 35.2 Å². The van der Waals surface area contributed by atoms with Gasteiger partial charge in [0.25, 0.3) is 0 Å². The van der Waals surface area contributed by atoms with Crippen LogP contribution in [0.25, 0.3) is 11.1 Å². The average molecular weight is 333 g/mol. The third kappa shape index (κ3) is 3.16. The zero-order chi connectivity index (χ0) is 13.8. The van der Waals surface area contributed by atoms with Gasteiger partial charge in [0.15, 0.2) is 0 Å². The highest BCUT2D eigenvalue weighted by Gasteiger charge is 2.14. The van der Waals surface area contributed by atoms with E-state index in [1.165, 1.54) is 6.42 Å². The minimum Gasteiger partial charge on any atom is -0.354 e. The Kier molecular flexibility index (Phi) is 4.28. The van der Waals surface area contributed by atoms with Gasteiger partial charge in [-0.1, -0.05) is 34.1 Å². The molecular formula is C15H17BrN4. The lowest BCUT2D eigenvalue weighted by molar-refractivity contribution is 0.613. The van der Waals surface area contributed by atoms with Crippen molar-refractivity contribution in [3.8, 4) is 11.1 Å². The lowest BCUT2D eigenvalue weighted by Gasteiger charge is -2.10. The summed E-state index contributed by atoms with van der Waals surface area (Å²) in [6, 6.07) is 8.09. The van der Waals surface area contributed by atoms with Crippen LogP contribution in [-0.2, 0) is 0 Å². The van der Waals surface area contributed by atoms with Gasteiger partial charge in [-0.05, 0) is 37.1 Å². The van der Waals surface area contributed by atoms with Crippen molar-refractivity contribution in [2.45, 2.75) is 6.42 Å². The second kappa shape index (κ2) is 6.33. The molecule has 0 aliphatic carbocycles. The van der Waals surface area contributed by atoms with E-state index in [1.807, 2.05) is 30.6 Å². The molecule has 1 aliphatic rings. The molecular weight excluding hydrogens is 316 g/mol. The van der Waals surface area contributed by atoms with Gasteiger partial charge in [0.1, 0.15) is 0 Å². The molecule has 5 heteroatoms. The van der Waals surface area contributed by atoms with Crippen molar-refractivity contribution in [2.75, 3.05) is 25.0 Å². The molecule has 1 fully saturated rings. The molecule has 0 amide bonds. The Morgan fingerprint density at radius 2 is 2.05 bits per heavy atom. The highest BCUT2D eigenvalue weighted by atomic mass is 79.9. The molecule has 1 saturated heterocycles. The maximum Gasteiger partial charge on any atom is 0.222 e. The largest absolute Gasteiger partial charge is 0.354 e. The number of hydrogen-bond donors (Lipinski definition) is 2. The van der Waals surface area contributed by atoms with E-state index in [-0.39, 0.29) is 0 Å². The van der Waals surface area contributed by atoms with Crippen LogP contribution in [-0.4, -0.2) is 29.6 Å². The van der Waals surface area contributed by atoms with E-state index < -0.39 is 0 Å². The van der Waals surface area contributed by atoms with Gasteiger partial charge >= 0.3 is 0 Å². The highest BCUT2D eigenvalue weighted by molar-refractivity contribution is 9.10. The first kappa shape index (κ1) is 13.5. The van der Waals surface area contributed by atoms with Crippen LogP contribution in [0.15, 0.2) is 41.1 Å². The van der Waals surface area contributed by atoms with E-state index in [0.29, 0.717) is 11.9 Å². The number of hydrogen-bond acceptors (Lipinski definition) is 4. The molecule has 2 heterocycles. The summed E-state index contributed by atoms with van der Waals surface area (Å²) in [5.74, 6) is 1.38. The summed E-state index contributed by atoms with van der Waals surface area (Å²) < 4.78 is 1.06. The van der Waals surface area contributed by atoms with Gasteiger partial charge in [-0.15, -0.1) is 0 Å². The minimum atomic E-state index is 0.682. The Morgan fingerprint density at radius 1 is 1.25 bits per heavy atom. The summed E-state index contributed by atoms with van der Waals surface area (Å²) in [5, 5.41) is 6.67. The number of anilines is 1. The first-order valence-corrected chi connectivity index (χ1v) is 7.64. The molecule has 1 unspecified atom stereocenters. The SMILES string of the molecule is Brc1ccccc1-c1cnc(NCC2CCNC2)nc1. The lowest BCUT2D eigenvalue weighted by atomic mass is 10.1. The Balaban J connectivity index is 1.66. The van der Waals surface area contributed by atoms with Crippen LogP contribution in [0.5, 0.6) is 0 Å². The average Bonchev–Trinajstić information content (AvgIpc) is 3.00. The van der Waals surface area contributed by atoms with E-state index in [2.05, 4.69) is 42.6 Å². The maximum absolute atomic E-state index is 4.39. The van der Waals surface area contributed by atoms with E-state index >= 15 is 0 Å². The second-order valence-corrected chi connectivity index (χ2v) is 5.87. The maximum atomic E-state index is 4.39. The minimum absolute atomic E-state index is 0.682. The molecule has 104 valence electrons. The van der Waals surface area contributed by atoms with E-state index in [9.17, 15) is 0 Å². The molecule has 0 saturated carbocycles. The standard InChI is InChI=1S/C15H17BrN4/c16-14-4-2-1-3-13(14)12-9-19-15(20-10-12)18-8-11-5-6-17-7-11/h1-4,9-11,17H,5-8H2,(H,18,19,20). The zero-order valence-electron chi connectivity index (χ0n) is 11.1. The quantitative estimate of drug-likeness (QED) is 0.903. The van der Waals surface area contributed by atoms with Crippen LogP contribution in [0, 0.1) is 5.92 Å². The number of aromatic nitrogens is 2. The topological polar surface area (TPSA) is 49.8 Å². The summed E-state index contributed by atoms with van der Waals surface area (Å²) in [5.41, 5.74) is 2.13. The van der Waals surface area contributed by atoms with Gasteiger partial charge in [0.2, 0.25) is 5.95 Å². The van der Waals surface area contributed by atoms with Crippen molar-refractivity contribution in [1.29, 1.82) is 0 Å². The highest BCUT2D eigenvalue weighted by Crippen LogP contribution is 2.26. The predicted molar refractivity (Wildman–Crippen MR) is 84.6 cm³/mol. The summed E-state index contributed by atoms with van der Waals surface area (Å²) >= 11 is 3.55. The van der Waals surface area contributed by atoms with Crippen molar-refractivity contribution in [3.63, 3.8) is 0 Å². The first-order chi connectivity index (χ1) is 9.83. The van der Waals surface area contributed by atoms with Crippen molar-refractivity contribution >= 4 is 21.9 Å². The fraction of sp³-hybridized carbons (Fsp3) is 0.333. The smallest absolute Gasteiger partial charge is 0.222 e. The third-order valence-electron chi connectivity index (χ3n) is 3.55. The van der Waals surface area contributed by atoms with Gasteiger partial charge in [0, 0.05) is 29.0 Å². The number of benzene rings is 1. The Morgan fingerprint density at radius 3 is 2.75 bits per heavy atom. The fourth-order valence-electron chi connectivity index (χ4n) is 2.38. The van der Waals surface area contributed by atoms with Crippen LogP contribution in [0.1, 0.15) is 6.42 Å². The van der Waals surface area contributed by atoms with Crippen LogP contribution in [0.3, 0.4) is 0 Å². The molecule has 20 heavy (non-hydrogen) atoms. The molecule has 0 bridgehead atoms. The Labute approximate surface area is 127 Å². The van der Waals surface area contributed by atoms with Crippen molar-refractivity contribution in [1.82, 2.24) is 15.3 Å². The van der Waals surface area contributed by atoms with E-state index in [4.69, 9.17) is 0 Å². The molecule has 0 spiro atoms. The summed E-state index contributed by atoms with van der Waals surface area (Å²) in [6.45, 7) is 3.14. The molecule has 1 aromatic heterocycles. The van der Waals surface area contributed by atoms with E-state index in [1.54, 1.807) is 0 Å². The molecule has 2 aromatic rings. The molecule has 1 atom stereocenters. The van der Waals surface area contributed by atoms with Crippen LogP contribution in [0.2, 0.25) is 0 Å². The predicted octanol–water partition coefficient (Wildman–Crippen LogP) is 2.93. The van der Waals surface area contributed by atoms with Crippen LogP contribution >= 0.6 is 15.9 Å². The number of rotatable bonds is 4.